The highest BCUT2D eigenvalue weighted by atomic mass is 19.1. The lowest BCUT2D eigenvalue weighted by Crippen LogP contribution is -2.50. The second-order valence-electron chi connectivity index (χ2n) is 8.75. The molecular weight excluding hydrogens is 383 g/mol. The average Bonchev–Trinajstić information content (AvgIpc) is 3.38. The van der Waals surface area contributed by atoms with E-state index in [2.05, 4.69) is 20.3 Å². The molecule has 1 saturated heterocycles. The van der Waals surface area contributed by atoms with Crippen LogP contribution in [0.4, 0.5) is 4.39 Å². The van der Waals surface area contributed by atoms with Crippen molar-refractivity contribution in [1.82, 2.24) is 20.3 Å². The Kier molecular flexibility index (Phi) is 6.49. The lowest BCUT2D eigenvalue weighted by Gasteiger charge is -2.34. The quantitative estimate of drug-likeness (QED) is 0.755. The van der Waals surface area contributed by atoms with E-state index in [1.165, 1.54) is 12.1 Å². The van der Waals surface area contributed by atoms with Crippen molar-refractivity contribution in [3.05, 3.63) is 53.2 Å². The smallest absolute Gasteiger partial charge is 0.234 e. The van der Waals surface area contributed by atoms with Gasteiger partial charge in [0.2, 0.25) is 5.91 Å². The summed E-state index contributed by atoms with van der Waals surface area (Å²) in [4.78, 5) is 17.2. The van der Waals surface area contributed by atoms with Crippen LogP contribution in [0.5, 0.6) is 0 Å². The predicted molar refractivity (Wildman–Crippen MR) is 113 cm³/mol. The van der Waals surface area contributed by atoms with Gasteiger partial charge in [-0.1, -0.05) is 30.1 Å². The van der Waals surface area contributed by atoms with E-state index in [4.69, 9.17) is 4.52 Å². The molecule has 30 heavy (non-hydrogen) atoms. The monoisotopic (exact) mass is 414 g/mol. The van der Waals surface area contributed by atoms with Gasteiger partial charge in [-0.25, -0.2) is 4.39 Å². The molecule has 1 N–H and O–H groups in total. The molecule has 162 valence electrons. The van der Waals surface area contributed by atoms with Crippen molar-refractivity contribution in [2.24, 2.45) is 0 Å². The van der Waals surface area contributed by atoms with Crippen LogP contribution in [0.15, 0.2) is 34.9 Å². The Bertz CT molecular complexity index is 837. The Hall–Kier alpha value is -2.25. The highest BCUT2D eigenvalue weighted by Crippen LogP contribution is 2.40. The molecule has 1 amide bonds. The minimum Gasteiger partial charge on any atom is -0.361 e. The van der Waals surface area contributed by atoms with Crippen LogP contribution in [-0.2, 0) is 16.8 Å². The van der Waals surface area contributed by atoms with Crippen LogP contribution in [0, 0.1) is 12.7 Å². The maximum atomic E-state index is 13.3. The van der Waals surface area contributed by atoms with Gasteiger partial charge in [0.25, 0.3) is 0 Å². The normalized spacial score (nSPS) is 19.8. The first-order valence-corrected chi connectivity index (χ1v) is 10.9. The van der Waals surface area contributed by atoms with E-state index in [9.17, 15) is 9.18 Å². The lowest BCUT2D eigenvalue weighted by molar-refractivity contribution is -0.123. The van der Waals surface area contributed by atoms with E-state index < -0.39 is 0 Å². The number of benzene rings is 1. The van der Waals surface area contributed by atoms with Crippen LogP contribution in [0.25, 0.3) is 0 Å². The Morgan fingerprint density at radius 3 is 2.43 bits per heavy atom. The molecule has 1 aromatic carbocycles. The summed E-state index contributed by atoms with van der Waals surface area (Å²) in [7, 11) is 0. The maximum absolute atomic E-state index is 13.3. The van der Waals surface area contributed by atoms with Gasteiger partial charge in [0.15, 0.2) is 0 Å². The summed E-state index contributed by atoms with van der Waals surface area (Å²) in [5, 5.41) is 7.23. The van der Waals surface area contributed by atoms with Gasteiger partial charge in [-0.2, -0.15) is 0 Å². The van der Waals surface area contributed by atoms with Crippen LogP contribution < -0.4 is 5.32 Å². The Morgan fingerprint density at radius 1 is 1.13 bits per heavy atom. The highest BCUT2D eigenvalue weighted by molar-refractivity contribution is 5.78. The van der Waals surface area contributed by atoms with Gasteiger partial charge in [0, 0.05) is 50.7 Å². The zero-order chi connectivity index (χ0) is 21.0. The fourth-order valence-corrected chi connectivity index (χ4v) is 4.78. The number of hydrogen-bond acceptors (Lipinski definition) is 5. The molecule has 2 aliphatic rings. The minimum atomic E-state index is -0.214. The molecule has 0 radical (unpaired) electrons. The van der Waals surface area contributed by atoms with Gasteiger partial charge in [0.05, 0.1) is 12.2 Å². The number of rotatable bonds is 7. The molecule has 2 aromatic rings. The second kappa shape index (κ2) is 9.27. The van der Waals surface area contributed by atoms with Crippen LogP contribution >= 0.6 is 0 Å². The van der Waals surface area contributed by atoms with Crippen molar-refractivity contribution < 1.29 is 13.7 Å². The summed E-state index contributed by atoms with van der Waals surface area (Å²) >= 11 is 0. The number of nitrogens with zero attached hydrogens (tertiary/aromatic N) is 3. The first-order valence-electron chi connectivity index (χ1n) is 10.9. The van der Waals surface area contributed by atoms with E-state index in [1.54, 1.807) is 0 Å². The standard InChI is InChI=1S/C23H31FN4O2/c1-18-14-21(26-30-18)15-27-10-12-28(13-11-27)16-22(29)25-17-23(8-2-3-9-23)19-4-6-20(24)7-5-19/h4-7,14H,2-3,8-13,15-17H2,1H3,(H,25,29). The summed E-state index contributed by atoms with van der Waals surface area (Å²) in [6, 6.07) is 8.78. The van der Waals surface area contributed by atoms with Crippen molar-refractivity contribution >= 4 is 5.91 Å². The summed E-state index contributed by atoms with van der Waals surface area (Å²) < 4.78 is 18.5. The fraction of sp³-hybridized carbons (Fsp3) is 0.565. The van der Waals surface area contributed by atoms with Gasteiger partial charge in [-0.3, -0.25) is 14.6 Å². The van der Waals surface area contributed by atoms with Crippen molar-refractivity contribution in [3.63, 3.8) is 0 Å². The number of nitrogens with one attached hydrogen (secondary N) is 1. The average molecular weight is 415 g/mol. The first-order chi connectivity index (χ1) is 14.5. The number of aryl methyl sites for hydroxylation is 1. The third-order valence-electron chi connectivity index (χ3n) is 6.54. The molecule has 1 saturated carbocycles. The maximum Gasteiger partial charge on any atom is 0.234 e. The molecule has 0 spiro atoms. The van der Waals surface area contributed by atoms with Crippen molar-refractivity contribution in [2.75, 3.05) is 39.3 Å². The Balaban J connectivity index is 1.24. The van der Waals surface area contributed by atoms with Crippen LogP contribution in [0.3, 0.4) is 0 Å². The van der Waals surface area contributed by atoms with Crippen molar-refractivity contribution in [3.8, 4) is 0 Å². The number of carbonyl (C=O) groups excluding carboxylic acids is 1. The molecular formula is C23H31FN4O2. The number of carbonyl (C=O) groups is 1. The molecule has 2 heterocycles. The van der Waals surface area contributed by atoms with Crippen LogP contribution in [0.2, 0.25) is 0 Å². The summed E-state index contributed by atoms with van der Waals surface area (Å²) in [6.07, 6.45) is 4.39. The number of amides is 1. The van der Waals surface area contributed by atoms with Crippen molar-refractivity contribution in [1.29, 1.82) is 0 Å². The topological polar surface area (TPSA) is 61.6 Å². The third kappa shape index (κ3) is 5.08. The number of hydrogen-bond donors (Lipinski definition) is 1. The first kappa shape index (κ1) is 21.0. The van der Waals surface area contributed by atoms with Gasteiger partial charge in [-0.15, -0.1) is 0 Å². The third-order valence-corrected chi connectivity index (χ3v) is 6.54. The molecule has 1 aromatic heterocycles. The summed E-state index contributed by atoms with van der Waals surface area (Å²) in [6.45, 7) is 7.31. The predicted octanol–water partition coefficient (Wildman–Crippen LogP) is 2.87. The molecule has 4 rings (SSSR count). The van der Waals surface area contributed by atoms with Crippen molar-refractivity contribution in [2.45, 2.75) is 44.6 Å². The Labute approximate surface area is 177 Å². The molecule has 1 aliphatic carbocycles. The lowest BCUT2D eigenvalue weighted by atomic mass is 9.79. The molecule has 2 fully saturated rings. The zero-order valence-electron chi connectivity index (χ0n) is 17.7. The second-order valence-corrected chi connectivity index (χ2v) is 8.75. The fourth-order valence-electron chi connectivity index (χ4n) is 4.78. The molecule has 0 bridgehead atoms. The summed E-state index contributed by atoms with van der Waals surface area (Å²) in [5.74, 6) is 0.693. The molecule has 6 nitrogen and oxygen atoms in total. The minimum absolute atomic E-state index is 0.0578. The molecule has 7 heteroatoms. The van der Waals surface area contributed by atoms with Gasteiger partial charge < -0.3 is 9.84 Å². The van der Waals surface area contributed by atoms with Gasteiger partial charge in [-0.05, 0) is 37.5 Å². The van der Waals surface area contributed by atoms with E-state index in [0.717, 1.165) is 75.4 Å². The number of piperazine rings is 1. The zero-order valence-corrected chi connectivity index (χ0v) is 17.7. The number of aromatic nitrogens is 1. The van der Waals surface area contributed by atoms with Gasteiger partial charge >= 0.3 is 0 Å². The van der Waals surface area contributed by atoms with Crippen LogP contribution in [-0.4, -0.2) is 60.1 Å². The largest absolute Gasteiger partial charge is 0.361 e. The number of halogens is 1. The molecule has 1 aliphatic heterocycles. The van der Waals surface area contributed by atoms with Gasteiger partial charge in [0.1, 0.15) is 11.6 Å². The van der Waals surface area contributed by atoms with E-state index in [1.807, 2.05) is 25.1 Å². The van der Waals surface area contributed by atoms with Crippen LogP contribution in [0.1, 0.15) is 42.7 Å². The van der Waals surface area contributed by atoms with E-state index in [0.29, 0.717) is 13.1 Å². The Morgan fingerprint density at radius 2 is 1.80 bits per heavy atom. The molecule has 0 unspecified atom stereocenters. The highest BCUT2D eigenvalue weighted by Gasteiger charge is 2.36. The molecule has 0 atom stereocenters. The SMILES string of the molecule is Cc1cc(CN2CCN(CC(=O)NCC3(c4ccc(F)cc4)CCCC3)CC2)no1. The van der Waals surface area contributed by atoms with E-state index >= 15 is 0 Å². The van der Waals surface area contributed by atoms with E-state index in [-0.39, 0.29) is 17.1 Å². The summed E-state index contributed by atoms with van der Waals surface area (Å²) in [5.41, 5.74) is 2.04.